The first-order valence-corrected chi connectivity index (χ1v) is 7.35. The molecule has 0 radical (unpaired) electrons. The first-order chi connectivity index (χ1) is 11.5. The van der Waals surface area contributed by atoms with Crippen LogP contribution in [0.4, 0.5) is 10.1 Å². The van der Waals surface area contributed by atoms with E-state index in [1.54, 1.807) is 6.92 Å². The molecule has 0 aliphatic carbocycles. The van der Waals surface area contributed by atoms with Crippen LogP contribution in [0, 0.1) is 11.2 Å². The lowest BCUT2D eigenvalue weighted by Crippen LogP contribution is -2.37. The zero-order valence-electron chi connectivity index (χ0n) is 13.4. The number of hydrogen-bond donors (Lipinski definition) is 3. The number of halogens is 1. The van der Waals surface area contributed by atoms with Gasteiger partial charge in [0.05, 0.1) is 13.7 Å². The quantitative estimate of drug-likeness (QED) is 0.541. The van der Waals surface area contributed by atoms with E-state index in [9.17, 15) is 14.0 Å². The Morgan fingerprint density at radius 3 is 2.83 bits per heavy atom. The molecule has 1 aliphatic rings. The van der Waals surface area contributed by atoms with Gasteiger partial charge in [0, 0.05) is 23.9 Å². The summed E-state index contributed by atoms with van der Waals surface area (Å²) in [5, 5.41) is 13.3. The summed E-state index contributed by atoms with van der Waals surface area (Å²) >= 11 is 0. The van der Waals surface area contributed by atoms with Gasteiger partial charge in [0.1, 0.15) is 11.4 Å². The second-order valence-electron chi connectivity index (χ2n) is 4.93. The van der Waals surface area contributed by atoms with Crippen molar-refractivity contribution in [3.8, 4) is 5.75 Å². The van der Waals surface area contributed by atoms with Crippen molar-refractivity contribution in [3.05, 3.63) is 35.3 Å². The number of amides is 1. The van der Waals surface area contributed by atoms with E-state index in [4.69, 9.17) is 14.9 Å². The number of rotatable bonds is 6. The first kappa shape index (κ1) is 17.5. The molecule has 128 valence electrons. The van der Waals surface area contributed by atoms with Crippen LogP contribution in [-0.2, 0) is 14.3 Å². The molecule has 0 unspecified atom stereocenters. The van der Waals surface area contributed by atoms with Crippen molar-refractivity contribution in [2.45, 2.75) is 13.3 Å². The Bertz CT molecular complexity index is 715. The van der Waals surface area contributed by atoms with E-state index in [-0.39, 0.29) is 29.3 Å². The van der Waals surface area contributed by atoms with Crippen LogP contribution in [-0.4, -0.2) is 37.8 Å². The standard InChI is InChI=1S/C16H18FN3O4/c1-3-24-16(22)13(18)10-6-7-19-15(21)14(10)20-9-4-5-12(23-2)11(17)8-9/h4-5,8,18,20H,3,6-7H2,1-2H3,(H,19,21). The van der Waals surface area contributed by atoms with Gasteiger partial charge in [0.25, 0.3) is 5.91 Å². The van der Waals surface area contributed by atoms with Crippen molar-refractivity contribution in [2.75, 3.05) is 25.6 Å². The van der Waals surface area contributed by atoms with Crippen molar-refractivity contribution < 1.29 is 23.5 Å². The maximum Gasteiger partial charge on any atom is 0.356 e. The Morgan fingerprint density at radius 2 is 2.21 bits per heavy atom. The molecule has 7 nitrogen and oxygen atoms in total. The van der Waals surface area contributed by atoms with Crippen molar-refractivity contribution in [1.82, 2.24) is 5.32 Å². The summed E-state index contributed by atoms with van der Waals surface area (Å²) in [6.45, 7) is 2.07. The fourth-order valence-electron chi connectivity index (χ4n) is 2.25. The average Bonchev–Trinajstić information content (AvgIpc) is 2.56. The van der Waals surface area contributed by atoms with Gasteiger partial charge in [0.15, 0.2) is 11.6 Å². The van der Waals surface area contributed by atoms with Crippen LogP contribution >= 0.6 is 0 Å². The molecule has 3 N–H and O–H groups in total. The number of benzene rings is 1. The number of methoxy groups -OCH3 is 1. The number of carbonyl (C=O) groups excluding carboxylic acids is 2. The number of carbonyl (C=O) groups is 2. The molecule has 1 amide bonds. The first-order valence-electron chi connectivity index (χ1n) is 7.35. The summed E-state index contributed by atoms with van der Waals surface area (Å²) in [5.74, 6) is -1.80. The molecule has 1 heterocycles. The monoisotopic (exact) mass is 335 g/mol. The molecule has 1 aliphatic heterocycles. The zero-order chi connectivity index (χ0) is 17.7. The summed E-state index contributed by atoms with van der Waals surface area (Å²) in [7, 11) is 1.35. The average molecular weight is 335 g/mol. The molecule has 2 rings (SSSR count). The number of ether oxygens (including phenoxy) is 2. The highest BCUT2D eigenvalue weighted by Gasteiger charge is 2.27. The summed E-state index contributed by atoms with van der Waals surface area (Å²) in [4.78, 5) is 23.9. The SMILES string of the molecule is CCOC(=O)C(=N)C1=C(Nc2ccc(OC)c(F)c2)C(=O)NCC1. The molecular weight excluding hydrogens is 317 g/mol. The Labute approximate surface area is 138 Å². The van der Waals surface area contributed by atoms with E-state index in [2.05, 4.69) is 10.6 Å². The third-order valence-corrected chi connectivity index (χ3v) is 3.39. The van der Waals surface area contributed by atoms with E-state index in [0.29, 0.717) is 18.7 Å². The third kappa shape index (κ3) is 3.70. The molecule has 1 aromatic rings. The maximum absolute atomic E-state index is 13.8. The highest BCUT2D eigenvalue weighted by molar-refractivity contribution is 6.43. The van der Waals surface area contributed by atoms with Gasteiger partial charge in [-0.1, -0.05) is 0 Å². The predicted molar refractivity (Wildman–Crippen MR) is 85.6 cm³/mol. The van der Waals surface area contributed by atoms with Gasteiger partial charge in [-0.25, -0.2) is 9.18 Å². The summed E-state index contributed by atoms with van der Waals surface area (Å²) in [5.41, 5.74) is 0.176. The van der Waals surface area contributed by atoms with Gasteiger partial charge in [-0.2, -0.15) is 0 Å². The summed E-state index contributed by atoms with van der Waals surface area (Å²) in [6.07, 6.45) is 0.296. The molecule has 0 fully saturated rings. The third-order valence-electron chi connectivity index (χ3n) is 3.39. The lowest BCUT2D eigenvalue weighted by Gasteiger charge is -2.22. The number of nitrogens with one attached hydrogen (secondary N) is 3. The van der Waals surface area contributed by atoms with Crippen LogP contribution in [0.3, 0.4) is 0 Å². The zero-order valence-corrected chi connectivity index (χ0v) is 13.4. The Morgan fingerprint density at radius 1 is 1.46 bits per heavy atom. The molecule has 0 atom stereocenters. The topological polar surface area (TPSA) is 101 Å². The van der Waals surface area contributed by atoms with Crippen molar-refractivity contribution in [1.29, 1.82) is 5.41 Å². The summed E-state index contributed by atoms with van der Waals surface area (Å²) < 4.78 is 23.4. The van der Waals surface area contributed by atoms with Crippen LogP contribution in [0.5, 0.6) is 5.75 Å². The Hall–Kier alpha value is -2.90. The number of esters is 1. The number of anilines is 1. The minimum Gasteiger partial charge on any atom is -0.494 e. The van der Waals surface area contributed by atoms with Gasteiger partial charge < -0.3 is 20.1 Å². The smallest absolute Gasteiger partial charge is 0.356 e. The van der Waals surface area contributed by atoms with E-state index < -0.39 is 17.7 Å². The van der Waals surface area contributed by atoms with E-state index in [1.165, 1.54) is 25.3 Å². The lowest BCUT2D eigenvalue weighted by molar-refractivity contribution is -0.135. The van der Waals surface area contributed by atoms with Crippen molar-refractivity contribution >= 4 is 23.3 Å². The molecule has 0 saturated carbocycles. The minimum atomic E-state index is -0.803. The molecule has 0 spiro atoms. The van der Waals surface area contributed by atoms with Crippen LogP contribution < -0.4 is 15.4 Å². The number of hydrogen-bond acceptors (Lipinski definition) is 6. The Kier molecular flexibility index (Phi) is 5.51. The highest BCUT2D eigenvalue weighted by Crippen LogP contribution is 2.24. The van der Waals surface area contributed by atoms with E-state index in [0.717, 1.165) is 0 Å². The highest BCUT2D eigenvalue weighted by atomic mass is 19.1. The summed E-state index contributed by atoms with van der Waals surface area (Å²) in [6, 6.07) is 4.11. The van der Waals surface area contributed by atoms with E-state index >= 15 is 0 Å². The minimum absolute atomic E-state index is 0.0314. The van der Waals surface area contributed by atoms with Gasteiger partial charge in [-0.3, -0.25) is 10.2 Å². The van der Waals surface area contributed by atoms with Gasteiger partial charge in [-0.05, 0) is 25.5 Å². The maximum atomic E-state index is 13.8. The fraction of sp³-hybridized carbons (Fsp3) is 0.312. The normalized spacial score (nSPS) is 14.0. The molecular formula is C16H18FN3O4. The molecule has 0 bridgehead atoms. The predicted octanol–water partition coefficient (Wildman–Crippen LogP) is 1.60. The van der Waals surface area contributed by atoms with Crippen molar-refractivity contribution in [2.24, 2.45) is 0 Å². The van der Waals surface area contributed by atoms with Crippen LogP contribution in [0.25, 0.3) is 0 Å². The second kappa shape index (κ2) is 7.58. The van der Waals surface area contributed by atoms with Gasteiger partial charge >= 0.3 is 5.97 Å². The molecule has 0 saturated heterocycles. The molecule has 1 aromatic carbocycles. The molecule has 24 heavy (non-hydrogen) atoms. The lowest BCUT2D eigenvalue weighted by atomic mass is 10.0. The van der Waals surface area contributed by atoms with Crippen LogP contribution in [0.2, 0.25) is 0 Å². The largest absolute Gasteiger partial charge is 0.494 e. The van der Waals surface area contributed by atoms with Gasteiger partial charge in [-0.15, -0.1) is 0 Å². The van der Waals surface area contributed by atoms with Crippen LogP contribution in [0.1, 0.15) is 13.3 Å². The van der Waals surface area contributed by atoms with Gasteiger partial charge in [0.2, 0.25) is 0 Å². The second-order valence-corrected chi connectivity index (χ2v) is 4.93. The van der Waals surface area contributed by atoms with Crippen LogP contribution in [0.15, 0.2) is 29.5 Å². The Balaban J connectivity index is 2.34. The van der Waals surface area contributed by atoms with E-state index in [1.807, 2.05) is 0 Å². The molecule has 8 heteroatoms. The van der Waals surface area contributed by atoms with Crippen molar-refractivity contribution in [3.63, 3.8) is 0 Å². The fourth-order valence-corrected chi connectivity index (χ4v) is 2.25. The molecule has 0 aromatic heterocycles.